The van der Waals surface area contributed by atoms with Gasteiger partial charge in [-0.15, -0.1) is 0 Å². The summed E-state index contributed by atoms with van der Waals surface area (Å²) in [5, 5.41) is 21.9. The van der Waals surface area contributed by atoms with Gasteiger partial charge in [0.25, 0.3) is 0 Å². The molecule has 0 aromatic heterocycles. The van der Waals surface area contributed by atoms with Crippen molar-refractivity contribution in [3.63, 3.8) is 0 Å². The summed E-state index contributed by atoms with van der Waals surface area (Å²) < 4.78 is 5.78. The van der Waals surface area contributed by atoms with E-state index in [9.17, 15) is 19.8 Å². The lowest BCUT2D eigenvalue weighted by atomic mass is 9.43. The van der Waals surface area contributed by atoms with E-state index in [4.69, 9.17) is 4.74 Å². The van der Waals surface area contributed by atoms with E-state index < -0.39 is 18.0 Å². The zero-order chi connectivity index (χ0) is 28.4. The smallest absolute Gasteiger partial charge is 0.306 e. The minimum atomic E-state index is -0.796. The maximum Gasteiger partial charge on any atom is 0.306 e. The second-order valence-electron chi connectivity index (χ2n) is 14.4. The maximum atomic E-state index is 12.6. The molecule has 212 valence electrons. The third kappa shape index (κ3) is 4.22. The Kier molecular flexibility index (Phi) is 7.39. The van der Waals surface area contributed by atoms with E-state index in [0.29, 0.717) is 31.1 Å². The van der Waals surface area contributed by atoms with Crippen molar-refractivity contribution in [2.24, 2.45) is 45.3 Å². The van der Waals surface area contributed by atoms with Crippen LogP contribution in [-0.4, -0.2) is 34.4 Å². The number of hydrogen-bond acceptors (Lipinski definition) is 4. The van der Waals surface area contributed by atoms with Gasteiger partial charge in [-0.2, -0.15) is 0 Å². The summed E-state index contributed by atoms with van der Waals surface area (Å²) in [6.07, 6.45) is 9.27. The van der Waals surface area contributed by atoms with Crippen molar-refractivity contribution in [1.82, 2.24) is 0 Å². The molecular formula is C33H50O5. The number of allylic oxidation sites excluding steroid dienone is 4. The summed E-state index contributed by atoms with van der Waals surface area (Å²) in [6, 6.07) is 0. The van der Waals surface area contributed by atoms with Gasteiger partial charge in [0, 0.05) is 18.3 Å². The maximum absolute atomic E-state index is 12.6. The Bertz CT molecular complexity index is 1070. The zero-order valence-electron chi connectivity index (χ0n) is 24.9. The molecule has 4 rings (SSSR count). The van der Waals surface area contributed by atoms with Crippen LogP contribution in [-0.2, 0) is 14.3 Å². The average Bonchev–Trinajstić information content (AvgIpc) is 3.01. The first-order chi connectivity index (χ1) is 17.5. The molecular weight excluding hydrogens is 476 g/mol. The number of aliphatic hydroxyl groups excluding tert-OH is 1. The lowest BCUT2D eigenvalue weighted by Crippen LogP contribution is -2.55. The molecule has 2 N–H and O–H groups in total. The molecule has 0 aliphatic heterocycles. The summed E-state index contributed by atoms with van der Waals surface area (Å²) in [5.74, 6) is -1.24. The minimum absolute atomic E-state index is 0.0428. The highest BCUT2D eigenvalue weighted by Crippen LogP contribution is 2.72. The Morgan fingerprint density at radius 2 is 1.76 bits per heavy atom. The predicted octanol–water partition coefficient (Wildman–Crippen LogP) is 7.11. The molecule has 0 aromatic carbocycles. The van der Waals surface area contributed by atoms with Crippen LogP contribution in [0.2, 0.25) is 0 Å². The molecule has 0 saturated heterocycles. The Balaban J connectivity index is 1.72. The molecule has 5 nitrogen and oxygen atoms in total. The molecule has 8 atom stereocenters. The van der Waals surface area contributed by atoms with Crippen molar-refractivity contribution < 1.29 is 24.5 Å². The van der Waals surface area contributed by atoms with Crippen LogP contribution in [0.15, 0.2) is 35.5 Å². The molecule has 3 fully saturated rings. The van der Waals surface area contributed by atoms with Gasteiger partial charge in [-0.05, 0) is 73.0 Å². The standard InChI is InChI=1S/C33H50O5/c1-19(2)20(3)10-11-22(29(36)37)28-25(35)18-33(9)24-12-13-26-30(5,6)27(38-21(4)34)15-16-31(26,7)23(24)14-17-32(28,33)8/h12-13,19,22-23,25,27-28,35H,3,10-11,14-18H2,1-2,4-9H3,(H,36,37)/t22-,23+,25-,27+,28+,31-,32-,33+/m1/s1. The van der Waals surface area contributed by atoms with Crippen LogP contribution in [0.3, 0.4) is 0 Å². The molecule has 0 radical (unpaired) electrons. The van der Waals surface area contributed by atoms with Crippen LogP contribution in [0.25, 0.3) is 0 Å². The number of carboxylic acid groups (broad SMARTS) is 1. The molecule has 3 saturated carbocycles. The second kappa shape index (κ2) is 9.64. The number of aliphatic carboxylic acids is 1. The van der Waals surface area contributed by atoms with Crippen molar-refractivity contribution in [3.05, 3.63) is 35.5 Å². The summed E-state index contributed by atoms with van der Waals surface area (Å²) in [7, 11) is 0. The number of ether oxygens (including phenoxy) is 1. The van der Waals surface area contributed by atoms with Crippen LogP contribution < -0.4 is 0 Å². The molecule has 4 aliphatic rings. The van der Waals surface area contributed by atoms with E-state index in [1.54, 1.807) is 0 Å². The molecule has 0 amide bonds. The lowest BCUT2D eigenvalue weighted by Gasteiger charge is -2.61. The topological polar surface area (TPSA) is 83.8 Å². The number of aliphatic hydroxyl groups is 1. The lowest BCUT2D eigenvalue weighted by molar-refractivity contribution is -0.155. The molecule has 0 unspecified atom stereocenters. The fraction of sp³-hybridized carbons (Fsp3) is 0.758. The van der Waals surface area contributed by atoms with E-state index in [-0.39, 0.29) is 39.7 Å². The van der Waals surface area contributed by atoms with Gasteiger partial charge in [0.05, 0.1) is 12.0 Å². The largest absolute Gasteiger partial charge is 0.481 e. The number of esters is 1. The van der Waals surface area contributed by atoms with Gasteiger partial charge in [-0.1, -0.05) is 83.9 Å². The Morgan fingerprint density at radius 3 is 2.34 bits per heavy atom. The third-order valence-electron chi connectivity index (χ3n) is 11.9. The normalized spacial score (nSPS) is 40.3. The fourth-order valence-electron chi connectivity index (χ4n) is 9.39. The molecule has 38 heavy (non-hydrogen) atoms. The first-order valence-corrected chi connectivity index (χ1v) is 14.7. The molecule has 5 heteroatoms. The molecule has 4 aliphatic carbocycles. The molecule has 0 spiro atoms. The highest BCUT2D eigenvalue weighted by molar-refractivity contribution is 5.71. The Labute approximate surface area is 229 Å². The number of fused-ring (bicyclic) bond motifs is 5. The summed E-state index contributed by atoms with van der Waals surface area (Å²) in [4.78, 5) is 24.5. The quantitative estimate of drug-likeness (QED) is 0.273. The summed E-state index contributed by atoms with van der Waals surface area (Å²) in [6.45, 7) is 21.2. The van der Waals surface area contributed by atoms with Gasteiger partial charge < -0.3 is 14.9 Å². The molecule has 0 heterocycles. The van der Waals surface area contributed by atoms with Crippen molar-refractivity contribution >= 4 is 11.9 Å². The summed E-state index contributed by atoms with van der Waals surface area (Å²) in [5.41, 5.74) is 2.94. The SMILES string of the molecule is C=C(CC[C@@H](C(=O)O)[C@H]1[C@H](O)C[C@@]2(C)C3=CC=C4C(C)(C)[C@@H](OC(C)=O)CC[C@]4(C)[C@H]3CC[C@]12C)C(C)C. The van der Waals surface area contributed by atoms with Gasteiger partial charge in [-0.3, -0.25) is 9.59 Å². The molecule has 0 aromatic rings. The van der Waals surface area contributed by atoms with Crippen LogP contribution in [0.1, 0.15) is 100 Å². The van der Waals surface area contributed by atoms with Crippen LogP contribution in [0.5, 0.6) is 0 Å². The van der Waals surface area contributed by atoms with Crippen LogP contribution in [0, 0.1) is 45.3 Å². The van der Waals surface area contributed by atoms with E-state index in [2.05, 4.69) is 67.2 Å². The Morgan fingerprint density at radius 1 is 1.11 bits per heavy atom. The van der Waals surface area contributed by atoms with Gasteiger partial charge >= 0.3 is 11.9 Å². The van der Waals surface area contributed by atoms with Gasteiger partial charge in [0.2, 0.25) is 0 Å². The van der Waals surface area contributed by atoms with Gasteiger partial charge in [0.1, 0.15) is 6.10 Å². The zero-order valence-corrected chi connectivity index (χ0v) is 24.9. The Hall–Kier alpha value is -1.88. The fourth-order valence-corrected chi connectivity index (χ4v) is 9.39. The number of carbonyl (C=O) groups is 2. The molecule has 0 bridgehead atoms. The van der Waals surface area contributed by atoms with E-state index in [1.165, 1.54) is 18.1 Å². The van der Waals surface area contributed by atoms with Crippen LogP contribution in [0.4, 0.5) is 0 Å². The highest BCUT2D eigenvalue weighted by atomic mass is 16.5. The van der Waals surface area contributed by atoms with Gasteiger partial charge in [0.15, 0.2) is 0 Å². The monoisotopic (exact) mass is 526 g/mol. The number of rotatable bonds is 7. The van der Waals surface area contributed by atoms with E-state index in [0.717, 1.165) is 31.3 Å². The van der Waals surface area contributed by atoms with Crippen molar-refractivity contribution in [2.45, 2.75) is 113 Å². The predicted molar refractivity (Wildman–Crippen MR) is 150 cm³/mol. The van der Waals surface area contributed by atoms with E-state index in [1.807, 2.05) is 0 Å². The first kappa shape index (κ1) is 29.1. The first-order valence-electron chi connectivity index (χ1n) is 14.7. The number of hydrogen-bond donors (Lipinski definition) is 2. The van der Waals surface area contributed by atoms with Crippen LogP contribution >= 0.6 is 0 Å². The van der Waals surface area contributed by atoms with Gasteiger partial charge in [-0.25, -0.2) is 0 Å². The van der Waals surface area contributed by atoms with Crippen molar-refractivity contribution in [2.75, 3.05) is 0 Å². The minimum Gasteiger partial charge on any atom is -0.481 e. The van der Waals surface area contributed by atoms with Crippen molar-refractivity contribution in [1.29, 1.82) is 0 Å². The third-order valence-corrected chi connectivity index (χ3v) is 11.9. The second-order valence-corrected chi connectivity index (χ2v) is 14.4. The average molecular weight is 527 g/mol. The van der Waals surface area contributed by atoms with Crippen molar-refractivity contribution in [3.8, 4) is 0 Å². The summed E-state index contributed by atoms with van der Waals surface area (Å²) >= 11 is 0. The van der Waals surface area contributed by atoms with E-state index >= 15 is 0 Å². The number of carboxylic acids is 1. The number of carbonyl (C=O) groups excluding carboxylic acids is 1. The highest BCUT2D eigenvalue weighted by Gasteiger charge is 2.67.